The second-order valence-corrected chi connectivity index (χ2v) is 10.8. The second kappa shape index (κ2) is 7.92. The Morgan fingerprint density at radius 1 is 1.11 bits per heavy atom. The molecule has 0 radical (unpaired) electrons. The molecule has 0 spiro atoms. The molecule has 0 aliphatic carbocycles. The molecule has 1 atom stereocenters. The number of hydrogen-bond donors (Lipinski definition) is 1. The van der Waals surface area contributed by atoms with Gasteiger partial charge in [0.15, 0.2) is 9.84 Å². The van der Waals surface area contributed by atoms with Gasteiger partial charge in [0.05, 0.1) is 28.1 Å². The molecule has 1 fully saturated rings. The Labute approximate surface area is 165 Å². The lowest BCUT2D eigenvalue weighted by molar-refractivity contribution is -0.119. The van der Waals surface area contributed by atoms with Crippen LogP contribution < -0.4 is 9.62 Å². The third kappa shape index (κ3) is 4.53. The standard InChI is InChI=1S/C19H22N2O5S2/c1-15(22)20-13-16-7-9-19(10-8-16)28(25,26)21(17-5-3-2-4-6-17)18-11-12-27(23,24)14-18/h2-10,18H,11-14H2,1H3,(H,20,22)/t18-/m0/s1. The highest BCUT2D eigenvalue weighted by atomic mass is 32.2. The quantitative estimate of drug-likeness (QED) is 0.764. The number of sulfonamides is 1. The lowest BCUT2D eigenvalue weighted by atomic mass is 10.2. The summed E-state index contributed by atoms with van der Waals surface area (Å²) in [6, 6.07) is 14.1. The minimum absolute atomic E-state index is 0.0217. The van der Waals surface area contributed by atoms with Crippen LogP contribution in [0.1, 0.15) is 18.9 Å². The van der Waals surface area contributed by atoms with Gasteiger partial charge in [-0.2, -0.15) is 0 Å². The Bertz CT molecular complexity index is 1050. The van der Waals surface area contributed by atoms with Crippen molar-refractivity contribution in [2.45, 2.75) is 30.8 Å². The molecule has 2 aromatic carbocycles. The van der Waals surface area contributed by atoms with Crippen molar-refractivity contribution in [1.29, 1.82) is 0 Å². The minimum atomic E-state index is -3.95. The van der Waals surface area contributed by atoms with E-state index in [0.717, 1.165) is 5.56 Å². The Balaban J connectivity index is 1.96. The summed E-state index contributed by atoms with van der Waals surface area (Å²) < 4.78 is 51.9. The molecule has 0 unspecified atom stereocenters. The number of nitrogens with one attached hydrogen (secondary N) is 1. The maximum absolute atomic E-state index is 13.4. The first kappa shape index (κ1) is 20.3. The number of nitrogens with zero attached hydrogens (tertiary/aromatic N) is 1. The molecule has 9 heteroatoms. The number of anilines is 1. The van der Waals surface area contributed by atoms with Crippen LogP contribution in [0.2, 0.25) is 0 Å². The topological polar surface area (TPSA) is 101 Å². The van der Waals surface area contributed by atoms with E-state index >= 15 is 0 Å². The molecule has 28 heavy (non-hydrogen) atoms. The van der Waals surface area contributed by atoms with E-state index in [9.17, 15) is 21.6 Å². The van der Waals surface area contributed by atoms with E-state index in [4.69, 9.17) is 0 Å². The van der Waals surface area contributed by atoms with Gasteiger partial charge in [0.25, 0.3) is 10.0 Å². The van der Waals surface area contributed by atoms with Gasteiger partial charge in [0.2, 0.25) is 5.91 Å². The van der Waals surface area contributed by atoms with Crippen LogP contribution in [0, 0.1) is 0 Å². The van der Waals surface area contributed by atoms with Gasteiger partial charge >= 0.3 is 0 Å². The maximum Gasteiger partial charge on any atom is 0.264 e. The Morgan fingerprint density at radius 2 is 1.75 bits per heavy atom. The summed E-state index contributed by atoms with van der Waals surface area (Å²) in [7, 11) is -7.21. The van der Waals surface area contributed by atoms with Crippen LogP contribution >= 0.6 is 0 Å². The minimum Gasteiger partial charge on any atom is -0.352 e. The fourth-order valence-electron chi connectivity index (χ4n) is 3.20. The summed E-state index contributed by atoms with van der Waals surface area (Å²) in [5.74, 6) is -0.386. The third-order valence-electron chi connectivity index (χ3n) is 4.57. The van der Waals surface area contributed by atoms with Gasteiger partial charge in [-0.1, -0.05) is 30.3 Å². The largest absolute Gasteiger partial charge is 0.352 e. The van der Waals surface area contributed by atoms with Crippen LogP contribution in [0.4, 0.5) is 5.69 Å². The molecule has 1 saturated heterocycles. The average molecular weight is 423 g/mol. The molecule has 0 saturated carbocycles. The molecule has 2 aromatic rings. The molecule has 1 heterocycles. The Hall–Kier alpha value is -2.39. The summed E-state index contributed by atoms with van der Waals surface area (Å²) in [4.78, 5) is 11.1. The predicted molar refractivity (Wildman–Crippen MR) is 107 cm³/mol. The van der Waals surface area contributed by atoms with Crippen molar-refractivity contribution in [3.05, 3.63) is 60.2 Å². The van der Waals surface area contributed by atoms with Crippen molar-refractivity contribution in [1.82, 2.24) is 5.32 Å². The summed E-state index contributed by atoms with van der Waals surface area (Å²) >= 11 is 0. The smallest absolute Gasteiger partial charge is 0.264 e. The SMILES string of the molecule is CC(=O)NCc1ccc(S(=O)(=O)N(c2ccccc2)[C@H]2CCS(=O)(=O)C2)cc1. The number of para-hydroxylation sites is 1. The van der Waals surface area contributed by atoms with Crippen LogP contribution in [0.3, 0.4) is 0 Å². The summed E-state index contributed by atoms with van der Waals surface area (Å²) in [6.07, 6.45) is 0.261. The molecule has 1 N–H and O–H groups in total. The molecule has 0 bridgehead atoms. The fraction of sp³-hybridized carbons (Fsp3) is 0.316. The van der Waals surface area contributed by atoms with E-state index in [0.29, 0.717) is 12.2 Å². The second-order valence-electron chi connectivity index (χ2n) is 6.75. The van der Waals surface area contributed by atoms with Crippen molar-refractivity contribution in [3.8, 4) is 0 Å². The van der Waals surface area contributed by atoms with Gasteiger partial charge in [-0.3, -0.25) is 9.10 Å². The van der Waals surface area contributed by atoms with Crippen molar-refractivity contribution in [2.75, 3.05) is 15.8 Å². The molecule has 1 amide bonds. The van der Waals surface area contributed by atoms with E-state index in [2.05, 4.69) is 5.32 Å². The van der Waals surface area contributed by atoms with Gasteiger partial charge in [-0.15, -0.1) is 0 Å². The van der Waals surface area contributed by atoms with E-state index in [-0.39, 0.29) is 28.7 Å². The number of carbonyl (C=O) groups is 1. The number of hydrogen-bond acceptors (Lipinski definition) is 5. The highest BCUT2D eigenvalue weighted by Crippen LogP contribution is 2.30. The first-order valence-electron chi connectivity index (χ1n) is 8.82. The monoisotopic (exact) mass is 422 g/mol. The van der Waals surface area contributed by atoms with Crippen molar-refractivity contribution >= 4 is 31.5 Å². The van der Waals surface area contributed by atoms with Crippen LogP contribution in [0.5, 0.6) is 0 Å². The van der Waals surface area contributed by atoms with Crippen LogP contribution in [0.25, 0.3) is 0 Å². The zero-order valence-corrected chi connectivity index (χ0v) is 17.0. The first-order valence-corrected chi connectivity index (χ1v) is 12.1. The molecule has 1 aliphatic heterocycles. The van der Waals surface area contributed by atoms with Crippen LogP contribution in [-0.2, 0) is 31.2 Å². The van der Waals surface area contributed by atoms with Gasteiger partial charge in [-0.25, -0.2) is 16.8 Å². The molecule has 150 valence electrons. The number of benzene rings is 2. The predicted octanol–water partition coefficient (Wildman–Crippen LogP) is 1.71. The summed E-state index contributed by atoms with van der Waals surface area (Å²) in [5.41, 5.74) is 1.20. The number of rotatable bonds is 6. The lowest BCUT2D eigenvalue weighted by Crippen LogP contribution is -2.41. The maximum atomic E-state index is 13.4. The van der Waals surface area contributed by atoms with Gasteiger partial charge in [0.1, 0.15) is 0 Å². The molecule has 0 aromatic heterocycles. The van der Waals surface area contributed by atoms with Crippen LogP contribution in [-0.4, -0.2) is 40.3 Å². The van der Waals surface area contributed by atoms with E-state index < -0.39 is 25.9 Å². The normalized spacial score (nSPS) is 18.5. The third-order valence-corrected chi connectivity index (χ3v) is 8.22. The van der Waals surface area contributed by atoms with Crippen molar-refractivity contribution < 1.29 is 21.6 Å². The van der Waals surface area contributed by atoms with Crippen molar-refractivity contribution in [3.63, 3.8) is 0 Å². The lowest BCUT2D eigenvalue weighted by Gasteiger charge is -2.29. The number of amides is 1. The highest BCUT2D eigenvalue weighted by Gasteiger charge is 2.39. The molecule has 1 aliphatic rings. The first-order chi connectivity index (χ1) is 13.2. The van der Waals surface area contributed by atoms with Crippen LogP contribution in [0.15, 0.2) is 59.5 Å². The highest BCUT2D eigenvalue weighted by molar-refractivity contribution is 7.93. The number of sulfone groups is 1. The molecule has 3 rings (SSSR count). The molecule has 7 nitrogen and oxygen atoms in total. The van der Waals surface area contributed by atoms with Crippen molar-refractivity contribution in [2.24, 2.45) is 0 Å². The Morgan fingerprint density at radius 3 is 2.29 bits per heavy atom. The zero-order valence-electron chi connectivity index (χ0n) is 15.4. The summed E-state index contributed by atoms with van der Waals surface area (Å²) in [6.45, 7) is 1.71. The van der Waals surface area contributed by atoms with Gasteiger partial charge in [0, 0.05) is 13.5 Å². The van der Waals surface area contributed by atoms with E-state index in [1.807, 2.05) is 0 Å². The molecular weight excluding hydrogens is 400 g/mol. The average Bonchev–Trinajstić information content (AvgIpc) is 3.00. The number of carbonyl (C=O) groups excluding carboxylic acids is 1. The fourth-order valence-corrected chi connectivity index (χ4v) is 6.67. The Kier molecular flexibility index (Phi) is 5.76. The van der Waals surface area contributed by atoms with Gasteiger partial charge in [-0.05, 0) is 36.2 Å². The van der Waals surface area contributed by atoms with E-state index in [1.54, 1.807) is 42.5 Å². The van der Waals surface area contributed by atoms with E-state index in [1.165, 1.54) is 23.4 Å². The zero-order chi connectivity index (χ0) is 20.4. The molecular formula is C19H22N2O5S2. The summed E-state index contributed by atoms with van der Waals surface area (Å²) in [5, 5.41) is 2.66. The van der Waals surface area contributed by atoms with Gasteiger partial charge < -0.3 is 5.32 Å².